The molecule has 3 heteroatoms. The fourth-order valence-electron chi connectivity index (χ4n) is 1.04. The fourth-order valence-corrected chi connectivity index (χ4v) is 1.04. The van der Waals surface area contributed by atoms with Crippen LogP contribution in [0, 0.1) is 0 Å². The predicted octanol–water partition coefficient (Wildman–Crippen LogP) is -0.513. The van der Waals surface area contributed by atoms with Crippen LogP contribution in [0.1, 0.15) is 12.8 Å². The Hall–Kier alpha value is -0.120. The van der Waals surface area contributed by atoms with Gasteiger partial charge in [-0.05, 0) is 12.8 Å². The molecule has 0 bridgehead atoms. The highest BCUT2D eigenvalue weighted by atomic mass is 16.5. The first-order valence-electron chi connectivity index (χ1n) is 3.24. The molecular weight excluding hydrogens is 118 g/mol. The van der Waals surface area contributed by atoms with Gasteiger partial charge in [-0.15, -0.1) is 0 Å². The number of hydrogen-bond donors (Lipinski definition) is 2. The van der Waals surface area contributed by atoms with Crippen molar-refractivity contribution >= 4 is 0 Å². The van der Waals surface area contributed by atoms with E-state index >= 15 is 0 Å². The molecule has 0 radical (unpaired) electrons. The number of aliphatic hydroxyl groups is 1. The maximum Gasteiger partial charge on any atom is 0.0647 e. The van der Waals surface area contributed by atoms with E-state index in [-0.39, 0.29) is 12.1 Å². The first-order chi connectivity index (χ1) is 4.27. The van der Waals surface area contributed by atoms with E-state index < -0.39 is 0 Å². The second-order valence-electron chi connectivity index (χ2n) is 2.64. The predicted molar refractivity (Wildman–Crippen MR) is 34.1 cm³/mol. The summed E-state index contributed by atoms with van der Waals surface area (Å²) in [5, 5.41) is 8.56. The molecule has 1 aliphatic rings. The summed E-state index contributed by atoms with van der Waals surface area (Å²) in [6.45, 7) is 1.52. The molecule has 1 heterocycles. The zero-order chi connectivity index (χ0) is 6.74. The zero-order valence-electron chi connectivity index (χ0n) is 5.47. The van der Waals surface area contributed by atoms with E-state index in [0.717, 1.165) is 13.0 Å². The van der Waals surface area contributed by atoms with Gasteiger partial charge in [0.1, 0.15) is 0 Å². The second kappa shape index (κ2) is 2.64. The molecule has 0 aromatic carbocycles. The Bertz CT molecular complexity index is 89.1. The zero-order valence-corrected chi connectivity index (χ0v) is 5.47. The average molecular weight is 131 g/mol. The van der Waals surface area contributed by atoms with Crippen LogP contribution in [0.25, 0.3) is 0 Å². The minimum absolute atomic E-state index is 0.167. The summed E-state index contributed by atoms with van der Waals surface area (Å²) in [6.07, 6.45) is 1.54. The molecule has 3 nitrogen and oxygen atoms in total. The van der Waals surface area contributed by atoms with Gasteiger partial charge in [-0.3, -0.25) is 0 Å². The normalized spacial score (nSPS) is 35.3. The van der Waals surface area contributed by atoms with Crippen molar-refractivity contribution in [2.24, 2.45) is 5.73 Å². The second-order valence-corrected chi connectivity index (χ2v) is 2.64. The van der Waals surface area contributed by atoms with Crippen LogP contribution in [0.2, 0.25) is 0 Å². The molecule has 0 saturated carbocycles. The number of aliphatic hydroxyl groups excluding tert-OH is 1. The number of nitrogens with two attached hydrogens (primary N) is 1. The first kappa shape index (κ1) is 6.99. The standard InChI is InChI=1S/C6H13NO2/c7-6(1-3-8)2-4-9-5-6/h8H,1-5,7H2/t6-/m0/s1. The van der Waals surface area contributed by atoms with Gasteiger partial charge in [0.15, 0.2) is 0 Å². The molecule has 0 spiro atoms. The Labute approximate surface area is 54.8 Å². The van der Waals surface area contributed by atoms with Gasteiger partial charge < -0.3 is 15.6 Å². The van der Waals surface area contributed by atoms with E-state index in [9.17, 15) is 0 Å². The molecule has 0 aromatic rings. The van der Waals surface area contributed by atoms with Crippen LogP contribution in [0.4, 0.5) is 0 Å². The highest BCUT2D eigenvalue weighted by molar-refractivity contribution is 4.87. The van der Waals surface area contributed by atoms with Crippen LogP contribution >= 0.6 is 0 Å². The number of hydrogen-bond acceptors (Lipinski definition) is 3. The van der Waals surface area contributed by atoms with Gasteiger partial charge in [0, 0.05) is 18.8 Å². The monoisotopic (exact) mass is 131 g/mol. The van der Waals surface area contributed by atoms with Crippen molar-refractivity contribution in [3.8, 4) is 0 Å². The summed E-state index contributed by atoms with van der Waals surface area (Å²) >= 11 is 0. The summed E-state index contributed by atoms with van der Waals surface area (Å²) < 4.78 is 5.08. The average Bonchev–Trinajstić information content (AvgIpc) is 2.16. The lowest BCUT2D eigenvalue weighted by molar-refractivity contribution is 0.164. The Balaban J connectivity index is 2.32. The van der Waals surface area contributed by atoms with Gasteiger partial charge in [0.05, 0.1) is 6.61 Å². The Morgan fingerprint density at radius 2 is 2.44 bits per heavy atom. The molecule has 0 amide bonds. The SMILES string of the molecule is N[C@@]1(CCO)CCOC1. The molecule has 1 atom stereocenters. The first-order valence-corrected chi connectivity index (χ1v) is 3.24. The van der Waals surface area contributed by atoms with Gasteiger partial charge in [-0.25, -0.2) is 0 Å². The van der Waals surface area contributed by atoms with Crippen molar-refractivity contribution in [3.05, 3.63) is 0 Å². The maximum absolute atomic E-state index is 8.56. The van der Waals surface area contributed by atoms with Crippen LogP contribution in [0.3, 0.4) is 0 Å². The molecule has 0 unspecified atom stereocenters. The lowest BCUT2D eigenvalue weighted by Crippen LogP contribution is -2.40. The smallest absolute Gasteiger partial charge is 0.0647 e. The minimum Gasteiger partial charge on any atom is -0.396 e. The van der Waals surface area contributed by atoms with E-state index in [1.807, 2.05) is 0 Å². The Morgan fingerprint density at radius 3 is 2.89 bits per heavy atom. The highest BCUT2D eigenvalue weighted by Gasteiger charge is 2.29. The van der Waals surface area contributed by atoms with E-state index in [1.165, 1.54) is 0 Å². The van der Waals surface area contributed by atoms with Crippen molar-refractivity contribution in [1.29, 1.82) is 0 Å². The minimum atomic E-state index is -0.227. The van der Waals surface area contributed by atoms with Crippen molar-refractivity contribution in [2.45, 2.75) is 18.4 Å². The van der Waals surface area contributed by atoms with E-state index in [4.69, 9.17) is 15.6 Å². The molecule has 0 aromatic heterocycles. The number of ether oxygens (including phenoxy) is 1. The molecule has 1 aliphatic heterocycles. The van der Waals surface area contributed by atoms with Crippen molar-refractivity contribution < 1.29 is 9.84 Å². The van der Waals surface area contributed by atoms with Crippen LogP contribution < -0.4 is 5.73 Å². The highest BCUT2D eigenvalue weighted by Crippen LogP contribution is 2.18. The summed E-state index contributed by atoms with van der Waals surface area (Å²) in [5.74, 6) is 0. The molecule has 9 heavy (non-hydrogen) atoms. The summed E-state index contributed by atoms with van der Waals surface area (Å²) in [7, 11) is 0. The largest absolute Gasteiger partial charge is 0.396 e. The number of rotatable bonds is 2. The van der Waals surface area contributed by atoms with Gasteiger partial charge >= 0.3 is 0 Å². The molecule has 3 N–H and O–H groups in total. The lowest BCUT2D eigenvalue weighted by atomic mass is 9.97. The summed E-state index contributed by atoms with van der Waals surface area (Å²) in [6, 6.07) is 0. The van der Waals surface area contributed by atoms with Crippen molar-refractivity contribution in [1.82, 2.24) is 0 Å². The summed E-state index contributed by atoms with van der Waals surface area (Å²) in [5.41, 5.74) is 5.56. The van der Waals surface area contributed by atoms with Crippen LogP contribution in [-0.2, 0) is 4.74 Å². The lowest BCUT2D eigenvalue weighted by Gasteiger charge is -2.19. The van der Waals surface area contributed by atoms with E-state index in [0.29, 0.717) is 13.0 Å². The molecule has 1 rings (SSSR count). The van der Waals surface area contributed by atoms with Crippen molar-refractivity contribution in [3.63, 3.8) is 0 Å². The van der Waals surface area contributed by atoms with Crippen LogP contribution in [-0.4, -0.2) is 30.5 Å². The van der Waals surface area contributed by atoms with Crippen molar-refractivity contribution in [2.75, 3.05) is 19.8 Å². The molecule has 0 aliphatic carbocycles. The van der Waals surface area contributed by atoms with Gasteiger partial charge in [0.2, 0.25) is 0 Å². The fraction of sp³-hybridized carbons (Fsp3) is 1.00. The third-order valence-corrected chi connectivity index (χ3v) is 1.74. The molecule has 1 fully saturated rings. The Morgan fingerprint density at radius 1 is 1.67 bits per heavy atom. The van der Waals surface area contributed by atoms with E-state index in [1.54, 1.807) is 0 Å². The van der Waals surface area contributed by atoms with Crippen LogP contribution in [0.15, 0.2) is 0 Å². The Kier molecular flexibility index (Phi) is 2.05. The molecule has 54 valence electrons. The third-order valence-electron chi connectivity index (χ3n) is 1.74. The summed E-state index contributed by atoms with van der Waals surface area (Å²) in [4.78, 5) is 0. The maximum atomic E-state index is 8.56. The third kappa shape index (κ3) is 1.64. The van der Waals surface area contributed by atoms with Gasteiger partial charge in [-0.2, -0.15) is 0 Å². The van der Waals surface area contributed by atoms with Gasteiger partial charge in [-0.1, -0.05) is 0 Å². The quantitative estimate of drug-likeness (QED) is 0.530. The molecule has 1 saturated heterocycles. The topological polar surface area (TPSA) is 55.5 Å². The van der Waals surface area contributed by atoms with Gasteiger partial charge in [0.25, 0.3) is 0 Å². The van der Waals surface area contributed by atoms with Crippen LogP contribution in [0.5, 0.6) is 0 Å². The van der Waals surface area contributed by atoms with E-state index in [2.05, 4.69) is 0 Å². The molecular formula is C6H13NO2.